The van der Waals surface area contributed by atoms with Gasteiger partial charge in [-0.05, 0) is 17.7 Å². The molecule has 0 bridgehead atoms. The first-order valence-corrected chi connectivity index (χ1v) is 4.97. The van der Waals surface area contributed by atoms with Gasteiger partial charge in [0.1, 0.15) is 6.61 Å². The van der Waals surface area contributed by atoms with Crippen molar-refractivity contribution in [3.63, 3.8) is 0 Å². The van der Waals surface area contributed by atoms with Gasteiger partial charge in [-0.15, -0.1) is 0 Å². The van der Waals surface area contributed by atoms with E-state index in [0.717, 1.165) is 5.56 Å². The lowest BCUT2D eigenvalue weighted by atomic mass is 10.1. The van der Waals surface area contributed by atoms with Crippen LogP contribution in [0.2, 0.25) is 0 Å². The van der Waals surface area contributed by atoms with E-state index in [2.05, 4.69) is 10.2 Å². The molecule has 1 aromatic carbocycles. The number of nitrogens with zero attached hydrogens (tertiary/aromatic N) is 1. The van der Waals surface area contributed by atoms with Gasteiger partial charge in [0, 0.05) is 12.6 Å². The van der Waals surface area contributed by atoms with Crippen LogP contribution in [0, 0.1) is 6.57 Å². The molecule has 5 heteroatoms. The summed E-state index contributed by atoms with van der Waals surface area (Å²) in [5, 5.41) is 2.51. The summed E-state index contributed by atoms with van der Waals surface area (Å²) in [6.07, 6.45) is 0. The summed E-state index contributed by atoms with van der Waals surface area (Å²) >= 11 is 0. The Kier molecular flexibility index (Phi) is 4.70. The molecule has 0 saturated heterocycles. The molecule has 0 fully saturated rings. The highest BCUT2D eigenvalue weighted by molar-refractivity contribution is 5.93. The zero-order valence-corrected chi connectivity index (χ0v) is 9.40. The lowest BCUT2D eigenvalue weighted by molar-refractivity contribution is -0.142. The Balaban J connectivity index is 2.54. The van der Waals surface area contributed by atoms with Crippen LogP contribution in [0.3, 0.4) is 0 Å². The summed E-state index contributed by atoms with van der Waals surface area (Å²) in [5.41, 5.74) is 1.32. The second kappa shape index (κ2) is 6.28. The molecular formula is C12H12N2O3. The van der Waals surface area contributed by atoms with Crippen molar-refractivity contribution in [3.05, 3.63) is 46.8 Å². The summed E-state index contributed by atoms with van der Waals surface area (Å²) in [6.45, 7) is 6.34. The third-order valence-electron chi connectivity index (χ3n) is 2.05. The Bertz CT molecular complexity index is 446. The predicted octanol–water partition coefficient (Wildman–Crippen LogP) is 1.01. The van der Waals surface area contributed by atoms with Crippen LogP contribution < -0.4 is 5.32 Å². The van der Waals surface area contributed by atoms with E-state index in [9.17, 15) is 9.59 Å². The fraction of sp³-hybridized carbons (Fsp3) is 0.250. The van der Waals surface area contributed by atoms with E-state index >= 15 is 0 Å². The Morgan fingerprint density at radius 2 is 2.00 bits per heavy atom. The van der Waals surface area contributed by atoms with Crippen LogP contribution in [-0.4, -0.2) is 25.5 Å². The van der Waals surface area contributed by atoms with E-state index in [1.54, 1.807) is 31.3 Å². The highest BCUT2D eigenvalue weighted by Gasteiger charge is 2.06. The molecule has 88 valence electrons. The predicted molar refractivity (Wildman–Crippen MR) is 61.1 cm³/mol. The molecule has 0 heterocycles. The summed E-state index contributed by atoms with van der Waals surface area (Å²) in [5.74, 6) is -0.711. The van der Waals surface area contributed by atoms with Crippen molar-refractivity contribution in [2.45, 2.75) is 6.61 Å². The summed E-state index contributed by atoms with van der Waals surface area (Å²) < 4.78 is 4.84. The molecule has 1 rings (SSSR count). The number of carbonyl (C=O) groups is 2. The maximum absolute atomic E-state index is 11.2. The van der Waals surface area contributed by atoms with E-state index in [-0.39, 0.29) is 19.1 Å². The molecule has 0 saturated carbocycles. The molecule has 0 atom stereocenters. The topological polar surface area (TPSA) is 59.8 Å². The Labute approximate surface area is 99.2 Å². The van der Waals surface area contributed by atoms with Crippen LogP contribution in [-0.2, 0) is 16.1 Å². The monoisotopic (exact) mass is 232 g/mol. The molecule has 0 unspecified atom stereocenters. The third-order valence-corrected chi connectivity index (χ3v) is 2.05. The van der Waals surface area contributed by atoms with Gasteiger partial charge in [0.15, 0.2) is 0 Å². The first kappa shape index (κ1) is 12.7. The van der Waals surface area contributed by atoms with Gasteiger partial charge in [-0.25, -0.2) is 11.4 Å². The van der Waals surface area contributed by atoms with Crippen LogP contribution in [0.5, 0.6) is 0 Å². The van der Waals surface area contributed by atoms with Crippen molar-refractivity contribution >= 4 is 11.9 Å². The highest BCUT2D eigenvalue weighted by Crippen LogP contribution is 2.05. The number of hydrogen-bond acceptors (Lipinski definition) is 3. The smallest absolute Gasteiger partial charge is 0.387 e. The summed E-state index contributed by atoms with van der Waals surface area (Å²) in [4.78, 5) is 25.1. The molecule has 0 aliphatic heterocycles. The lowest BCUT2D eigenvalue weighted by Gasteiger charge is -2.03. The van der Waals surface area contributed by atoms with Gasteiger partial charge in [0.2, 0.25) is 0 Å². The van der Waals surface area contributed by atoms with E-state index < -0.39 is 5.97 Å². The molecule has 0 spiro atoms. The molecule has 1 N–H and O–H groups in total. The van der Waals surface area contributed by atoms with Crippen LogP contribution in [0.4, 0.5) is 0 Å². The van der Waals surface area contributed by atoms with Crippen molar-refractivity contribution in [1.29, 1.82) is 0 Å². The van der Waals surface area contributed by atoms with Gasteiger partial charge in [-0.1, -0.05) is 12.1 Å². The number of esters is 1. The molecule has 5 nitrogen and oxygen atoms in total. The van der Waals surface area contributed by atoms with Crippen molar-refractivity contribution in [3.8, 4) is 0 Å². The molecule has 0 aliphatic rings. The number of carbonyl (C=O) groups excluding carboxylic acids is 2. The number of nitrogens with one attached hydrogen (secondary N) is 1. The number of amides is 1. The SMILES string of the molecule is [C-]#[N+]CC(=O)OCc1ccc(C(=O)NC)cc1. The zero-order valence-electron chi connectivity index (χ0n) is 9.40. The molecule has 1 aromatic rings. The van der Waals surface area contributed by atoms with E-state index in [1.807, 2.05) is 0 Å². The number of ether oxygens (including phenoxy) is 1. The Morgan fingerprint density at radius 1 is 1.35 bits per heavy atom. The minimum atomic E-state index is -0.546. The minimum Gasteiger partial charge on any atom is -0.455 e. The van der Waals surface area contributed by atoms with Gasteiger partial charge in [-0.3, -0.25) is 4.79 Å². The van der Waals surface area contributed by atoms with Gasteiger partial charge in [-0.2, -0.15) is 0 Å². The van der Waals surface area contributed by atoms with Crippen LogP contribution in [0.15, 0.2) is 24.3 Å². The zero-order chi connectivity index (χ0) is 12.7. The maximum Gasteiger partial charge on any atom is 0.387 e. The highest BCUT2D eigenvalue weighted by atomic mass is 16.5. The molecular weight excluding hydrogens is 220 g/mol. The normalized spacial score (nSPS) is 9.18. The summed E-state index contributed by atoms with van der Waals surface area (Å²) in [7, 11) is 1.56. The van der Waals surface area contributed by atoms with Gasteiger partial charge < -0.3 is 14.9 Å². The van der Waals surface area contributed by atoms with Crippen molar-refractivity contribution in [2.75, 3.05) is 13.6 Å². The molecule has 17 heavy (non-hydrogen) atoms. The van der Waals surface area contributed by atoms with E-state index in [4.69, 9.17) is 11.3 Å². The average Bonchev–Trinajstić information content (AvgIpc) is 2.36. The largest absolute Gasteiger partial charge is 0.455 e. The van der Waals surface area contributed by atoms with Crippen molar-refractivity contribution in [1.82, 2.24) is 5.32 Å². The number of rotatable bonds is 4. The fourth-order valence-electron chi connectivity index (χ4n) is 1.17. The van der Waals surface area contributed by atoms with Crippen molar-refractivity contribution < 1.29 is 14.3 Å². The van der Waals surface area contributed by atoms with Crippen LogP contribution >= 0.6 is 0 Å². The third kappa shape index (κ3) is 3.95. The minimum absolute atomic E-state index is 0.113. The maximum atomic E-state index is 11.2. The molecule has 1 amide bonds. The first-order valence-electron chi connectivity index (χ1n) is 4.97. The summed E-state index contributed by atoms with van der Waals surface area (Å²) in [6, 6.07) is 6.71. The molecule has 0 aliphatic carbocycles. The quantitative estimate of drug-likeness (QED) is 0.622. The van der Waals surface area contributed by atoms with Gasteiger partial charge in [0.25, 0.3) is 5.91 Å². The van der Waals surface area contributed by atoms with Crippen molar-refractivity contribution in [2.24, 2.45) is 0 Å². The molecule has 0 aromatic heterocycles. The average molecular weight is 232 g/mol. The van der Waals surface area contributed by atoms with Gasteiger partial charge >= 0.3 is 12.5 Å². The number of hydrogen-bond donors (Lipinski definition) is 1. The second-order valence-electron chi connectivity index (χ2n) is 3.25. The number of benzene rings is 1. The lowest BCUT2D eigenvalue weighted by Crippen LogP contribution is -2.17. The van der Waals surface area contributed by atoms with E-state index in [0.29, 0.717) is 5.56 Å². The Morgan fingerprint density at radius 3 is 2.53 bits per heavy atom. The second-order valence-corrected chi connectivity index (χ2v) is 3.25. The van der Waals surface area contributed by atoms with Crippen LogP contribution in [0.1, 0.15) is 15.9 Å². The van der Waals surface area contributed by atoms with Crippen LogP contribution in [0.25, 0.3) is 4.85 Å². The standard InChI is InChI=1S/C12H12N2O3/c1-13-7-11(15)17-8-9-3-5-10(6-4-9)12(16)14-2/h3-6H,7-8H2,2H3,(H,14,16). The van der Waals surface area contributed by atoms with Gasteiger partial charge in [0.05, 0.1) is 0 Å². The van der Waals surface area contributed by atoms with E-state index in [1.165, 1.54) is 0 Å². The Hall–Kier alpha value is -2.35. The molecule has 0 radical (unpaired) electrons. The first-order chi connectivity index (χ1) is 8.17. The fourth-order valence-corrected chi connectivity index (χ4v) is 1.17.